The smallest absolute Gasteiger partial charge is 0.341 e. The molecule has 2 aromatic rings. The monoisotopic (exact) mass is 661 g/mol. The van der Waals surface area contributed by atoms with Crippen molar-refractivity contribution in [3.8, 4) is 5.75 Å². The van der Waals surface area contributed by atoms with E-state index in [1.807, 2.05) is 58.2 Å². The van der Waals surface area contributed by atoms with Gasteiger partial charge in [-0.1, -0.05) is 12.1 Å². The minimum atomic E-state index is -1.09. The molecular weight excluding hydrogens is 644 g/mol. The van der Waals surface area contributed by atoms with Gasteiger partial charge in [0.25, 0.3) is 5.91 Å². The summed E-state index contributed by atoms with van der Waals surface area (Å²) in [7, 11) is 0. The van der Waals surface area contributed by atoms with Gasteiger partial charge in [-0.25, -0.2) is 14.5 Å². The second kappa shape index (κ2) is 10.3. The Morgan fingerprint density at radius 1 is 1.19 bits per heavy atom. The van der Waals surface area contributed by atoms with Crippen LogP contribution in [0.5, 0.6) is 5.75 Å². The van der Waals surface area contributed by atoms with Crippen LogP contribution >= 0.6 is 45.2 Å². The molecule has 0 bridgehead atoms. The molecule has 32 heavy (non-hydrogen) atoms. The SMILES string of the molecule is Cc1cccc(NC(=O)CN2C(=O)N/C(=C/c3cc(I)c(OCC(=O)O)c(I)c3)C2=O)c1. The van der Waals surface area contributed by atoms with Crippen molar-refractivity contribution in [3.05, 3.63) is 60.4 Å². The Bertz CT molecular complexity index is 1130. The molecule has 0 spiro atoms. The first-order valence-electron chi connectivity index (χ1n) is 9.18. The summed E-state index contributed by atoms with van der Waals surface area (Å²) in [6, 6.07) is 9.87. The fourth-order valence-electron chi connectivity index (χ4n) is 2.88. The van der Waals surface area contributed by atoms with E-state index in [-0.39, 0.29) is 5.70 Å². The Hall–Kier alpha value is -2.68. The average Bonchev–Trinajstić information content (AvgIpc) is 2.94. The number of imide groups is 1. The number of amides is 4. The number of nitrogens with zero attached hydrogens (tertiary/aromatic N) is 1. The standard InChI is InChI=1S/C21H17I2N3O6/c1-11-3-2-4-13(5-11)24-17(27)9-26-20(30)16(25-21(26)31)8-12-6-14(22)19(15(23)7-12)32-10-18(28)29/h2-8H,9-10H2,1H3,(H,24,27)(H,25,31)(H,28,29)/b16-8+. The van der Waals surface area contributed by atoms with Gasteiger partial charge in [0.2, 0.25) is 5.91 Å². The van der Waals surface area contributed by atoms with Crippen molar-refractivity contribution in [2.75, 3.05) is 18.5 Å². The van der Waals surface area contributed by atoms with Crippen LogP contribution in [0.3, 0.4) is 0 Å². The number of aliphatic carboxylic acids is 1. The second-order valence-corrected chi connectivity index (χ2v) is 9.12. The summed E-state index contributed by atoms with van der Waals surface area (Å²) in [5.41, 5.74) is 2.18. The van der Waals surface area contributed by atoms with Crippen molar-refractivity contribution in [2.24, 2.45) is 0 Å². The van der Waals surface area contributed by atoms with Crippen LogP contribution in [0.1, 0.15) is 11.1 Å². The second-order valence-electron chi connectivity index (χ2n) is 6.79. The van der Waals surface area contributed by atoms with E-state index < -0.39 is 37.0 Å². The number of rotatable bonds is 7. The topological polar surface area (TPSA) is 125 Å². The van der Waals surface area contributed by atoms with Crippen LogP contribution in [0.4, 0.5) is 10.5 Å². The Morgan fingerprint density at radius 2 is 1.88 bits per heavy atom. The van der Waals surface area contributed by atoms with E-state index in [9.17, 15) is 19.2 Å². The quantitative estimate of drug-likeness (QED) is 0.238. The normalized spacial score (nSPS) is 14.5. The molecule has 1 heterocycles. The van der Waals surface area contributed by atoms with Gasteiger partial charge in [0.15, 0.2) is 6.61 Å². The summed E-state index contributed by atoms with van der Waals surface area (Å²) in [5, 5.41) is 13.9. The number of carbonyl (C=O) groups is 4. The molecule has 1 saturated heterocycles. The van der Waals surface area contributed by atoms with E-state index in [1.54, 1.807) is 30.3 Å². The van der Waals surface area contributed by atoms with Crippen molar-refractivity contribution in [1.29, 1.82) is 0 Å². The number of carboxylic acid groups (broad SMARTS) is 1. The van der Waals surface area contributed by atoms with Crippen molar-refractivity contribution < 1.29 is 29.0 Å². The van der Waals surface area contributed by atoms with Gasteiger partial charge in [0, 0.05) is 5.69 Å². The number of ether oxygens (including phenoxy) is 1. The molecule has 0 radical (unpaired) electrons. The number of nitrogens with one attached hydrogen (secondary N) is 2. The van der Waals surface area contributed by atoms with E-state index >= 15 is 0 Å². The summed E-state index contributed by atoms with van der Waals surface area (Å²) >= 11 is 4.00. The molecule has 3 N–H and O–H groups in total. The Labute approximate surface area is 210 Å². The van der Waals surface area contributed by atoms with Crippen LogP contribution in [0.15, 0.2) is 42.1 Å². The Morgan fingerprint density at radius 3 is 2.50 bits per heavy atom. The highest BCUT2D eigenvalue weighted by Gasteiger charge is 2.35. The van der Waals surface area contributed by atoms with E-state index in [0.717, 1.165) is 10.5 Å². The van der Waals surface area contributed by atoms with Crippen LogP contribution < -0.4 is 15.4 Å². The summed E-state index contributed by atoms with van der Waals surface area (Å²) in [6.07, 6.45) is 1.49. The van der Waals surface area contributed by atoms with E-state index in [4.69, 9.17) is 9.84 Å². The number of carbonyl (C=O) groups excluding carboxylic acids is 3. The molecular formula is C21H17I2N3O6. The van der Waals surface area contributed by atoms with E-state index in [2.05, 4.69) is 10.6 Å². The number of urea groups is 1. The first-order chi connectivity index (χ1) is 15.1. The lowest BCUT2D eigenvalue weighted by molar-refractivity contribution is -0.139. The van der Waals surface area contributed by atoms with Crippen LogP contribution in [-0.2, 0) is 14.4 Å². The first kappa shape index (κ1) is 24.0. The van der Waals surface area contributed by atoms with E-state index in [1.165, 1.54) is 6.08 Å². The van der Waals surface area contributed by atoms with Crippen molar-refractivity contribution in [1.82, 2.24) is 10.2 Å². The molecule has 4 amide bonds. The van der Waals surface area contributed by atoms with E-state index in [0.29, 0.717) is 24.1 Å². The van der Waals surface area contributed by atoms with Gasteiger partial charge < -0.3 is 20.5 Å². The van der Waals surface area contributed by atoms with Gasteiger partial charge >= 0.3 is 12.0 Å². The van der Waals surface area contributed by atoms with Crippen LogP contribution in [-0.4, -0.2) is 47.0 Å². The number of aryl methyl sites for hydroxylation is 1. The minimum Gasteiger partial charge on any atom is -0.480 e. The zero-order chi connectivity index (χ0) is 23.4. The number of carboxylic acids is 1. The third-order valence-corrected chi connectivity index (χ3v) is 5.84. The predicted molar refractivity (Wildman–Crippen MR) is 133 cm³/mol. The highest BCUT2D eigenvalue weighted by Crippen LogP contribution is 2.30. The molecule has 0 aliphatic carbocycles. The lowest BCUT2D eigenvalue weighted by atomic mass is 10.2. The third-order valence-electron chi connectivity index (χ3n) is 4.24. The number of hydrogen-bond acceptors (Lipinski definition) is 5. The van der Waals surface area contributed by atoms with Crippen molar-refractivity contribution in [3.63, 3.8) is 0 Å². The van der Waals surface area contributed by atoms with Crippen molar-refractivity contribution >= 4 is 80.8 Å². The molecule has 1 fully saturated rings. The maximum atomic E-state index is 12.7. The molecule has 0 atom stereocenters. The van der Waals surface area contributed by atoms with Crippen LogP contribution in [0.25, 0.3) is 6.08 Å². The van der Waals surface area contributed by atoms with Crippen molar-refractivity contribution in [2.45, 2.75) is 6.92 Å². The number of benzene rings is 2. The van der Waals surface area contributed by atoms with Gasteiger partial charge in [-0.05, 0) is 93.6 Å². The minimum absolute atomic E-state index is 0.0316. The zero-order valence-electron chi connectivity index (χ0n) is 16.6. The predicted octanol–water partition coefficient (Wildman–Crippen LogP) is 3.20. The summed E-state index contributed by atoms with van der Waals surface area (Å²) in [4.78, 5) is 48.8. The van der Waals surface area contributed by atoms with Gasteiger partial charge in [-0.15, -0.1) is 0 Å². The lowest BCUT2D eigenvalue weighted by Gasteiger charge is -2.12. The highest BCUT2D eigenvalue weighted by molar-refractivity contribution is 14.1. The maximum absolute atomic E-state index is 12.7. The molecule has 2 aromatic carbocycles. The third kappa shape index (κ3) is 5.97. The summed E-state index contributed by atoms with van der Waals surface area (Å²) < 4.78 is 6.58. The van der Waals surface area contributed by atoms with Gasteiger partial charge in [-0.3, -0.25) is 9.59 Å². The van der Waals surface area contributed by atoms with Gasteiger partial charge in [-0.2, -0.15) is 0 Å². The summed E-state index contributed by atoms with van der Waals surface area (Å²) in [6.45, 7) is 0.991. The highest BCUT2D eigenvalue weighted by atomic mass is 127. The fraction of sp³-hybridized carbons (Fsp3) is 0.143. The molecule has 9 nitrogen and oxygen atoms in total. The molecule has 166 valence electrons. The largest absolute Gasteiger partial charge is 0.480 e. The molecule has 1 aliphatic heterocycles. The first-order valence-corrected chi connectivity index (χ1v) is 11.3. The fourth-order valence-corrected chi connectivity index (χ4v) is 5.01. The van der Waals surface area contributed by atoms with Gasteiger partial charge in [0.1, 0.15) is 18.0 Å². The zero-order valence-corrected chi connectivity index (χ0v) is 21.0. The Kier molecular flexibility index (Phi) is 7.71. The summed E-state index contributed by atoms with van der Waals surface area (Å²) in [5.74, 6) is -1.78. The number of hydrogen-bond donors (Lipinski definition) is 3. The van der Waals surface area contributed by atoms with Crippen LogP contribution in [0.2, 0.25) is 0 Å². The molecule has 1 aliphatic rings. The molecule has 0 saturated carbocycles. The number of anilines is 1. The molecule has 3 rings (SSSR count). The lowest BCUT2D eigenvalue weighted by Crippen LogP contribution is -2.38. The van der Waals surface area contributed by atoms with Gasteiger partial charge in [0.05, 0.1) is 7.14 Å². The molecule has 11 heteroatoms. The van der Waals surface area contributed by atoms with Crippen LogP contribution in [0, 0.1) is 14.1 Å². The molecule has 0 unspecified atom stereocenters. The Balaban J connectivity index is 1.72. The maximum Gasteiger partial charge on any atom is 0.341 e. The average molecular weight is 661 g/mol. The molecule has 0 aromatic heterocycles. The number of halogens is 2.